The summed E-state index contributed by atoms with van der Waals surface area (Å²) in [7, 11) is 1.86. The number of aryl methyl sites for hydroxylation is 2. The second-order valence-electron chi connectivity index (χ2n) is 3.60. The average Bonchev–Trinajstić information content (AvgIpc) is 2.18. The first-order valence-corrected chi connectivity index (χ1v) is 4.90. The molecule has 1 N–H and O–H groups in total. The van der Waals surface area contributed by atoms with E-state index in [9.17, 15) is 4.79 Å². The third-order valence-electron chi connectivity index (χ3n) is 2.30. The Kier molecular flexibility index (Phi) is 3.84. The molecule has 0 bridgehead atoms. The highest BCUT2D eigenvalue weighted by Crippen LogP contribution is 2.12. The Morgan fingerprint density at radius 3 is 2.71 bits per heavy atom. The minimum absolute atomic E-state index is 0.223. The fourth-order valence-electron chi connectivity index (χ4n) is 1.41. The van der Waals surface area contributed by atoms with Gasteiger partial charge in [0.05, 0.1) is 0 Å². The van der Waals surface area contributed by atoms with Gasteiger partial charge in [0.25, 0.3) is 0 Å². The maximum Gasteiger partial charge on any atom is 0.164 e. The molecule has 0 fully saturated rings. The van der Waals surface area contributed by atoms with Gasteiger partial charge >= 0.3 is 0 Å². The zero-order chi connectivity index (χ0) is 10.6. The summed E-state index contributed by atoms with van der Waals surface area (Å²) in [4.78, 5) is 11.7. The molecule has 0 saturated heterocycles. The number of benzene rings is 1. The fraction of sp³-hybridized carbons (Fsp3) is 0.417. The van der Waals surface area contributed by atoms with Crippen LogP contribution in [0.4, 0.5) is 0 Å². The molecule has 0 saturated carbocycles. The SMILES string of the molecule is CNCCC(=O)c1cc(C)ccc1C. The van der Waals surface area contributed by atoms with Gasteiger partial charge in [-0.1, -0.05) is 17.7 Å². The van der Waals surface area contributed by atoms with E-state index in [4.69, 9.17) is 0 Å². The Labute approximate surface area is 85.3 Å². The molecule has 76 valence electrons. The van der Waals surface area contributed by atoms with Gasteiger partial charge in [0.15, 0.2) is 5.78 Å². The number of hydrogen-bond donors (Lipinski definition) is 1. The summed E-state index contributed by atoms with van der Waals surface area (Å²) < 4.78 is 0. The lowest BCUT2D eigenvalue weighted by Crippen LogP contribution is -2.13. The molecule has 0 spiro atoms. The van der Waals surface area contributed by atoms with Gasteiger partial charge in [-0.15, -0.1) is 0 Å². The van der Waals surface area contributed by atoms with Crippen molar-refractivity contribution in [3.63, 3.8) is 0 Å². The van der Waals surface area contributed by atoms with E-state index >= 15 is 0 Å². The highest BCUT2D eigenvalue weighted by atomic mass is 16.1. The molecule has 1 rings (SSSR count). The van der Waals surface area contributed by atoms with Gasteiger partial charge in [0.2, 0.25) is 0 Å². The molecule has 2 nitrogen and oxygen atoms in total. The summed E-state index contributed by atoms with van der Waals surface area (Å²) in [6, 6.07) is 6.00. The molecular formula is C12H17NO. The van der Waals surface area contributed by atoms with Crippen LogP contribution < -0.4 is 5.32 Å². The Balaban J connectivity index is 2.83. The van der Waals surface area contributed by atoms with Crippen LogP contribution in [0.1, 0.15) is 27.9 Å². The lowest BCUT2D eigenvalue weighted by atomic mass is 10.0. The topological polar surface area (TPSA) is 29.1 Å². The molecule has 1 aromatic rings. The van der Waals surface area contributed by atoms with Crippen molar-refractivity contribution in [1.82, 2.24) is 5.32 Å². The first kappa shape index (κ1) is 10.9. The summed E-state index contributed by atoms with van der Waals surface area (Å²) in [5.74, 6) is 0.223. The van der Waals surface area contributed by atoms with E-state index in [1.54, 1.807) is 0 Å². The predicted octanol–water partition coefficient (Wildman–Crippen LogP) is 2.10. The number of ketones is 1. The van der Waals surface area contributed by atoms with Gasteiger partial charge in [-0.25, -0.2) is 0 Å². The van der Waals surface area contributed by atoms with Crippen molar-refractivity contribution in [3.8, 4) is 0 Å². The van der Waals surface area contributed by atoms with Gasteiger partial charge < -0.3 is 5.32 Å². The molecule has 0 unspecified atom stereocenters. The molecule has 0 amide bonds. The summed E-state index contributed by atoms with van der Waals surface area (Å²) in [5.41, 5.74) is 3.07. The second kappa shape index (κ2) is 4.91. The van der Waals surface area contributed by atoms with Crippen molar-refractivity contribution >= 4 is 5.78 Å². The van der Waals surface area contributed by atoms with Gasteiger partial charge in [-0.2, -0.15) is 0 Å². The number of rotatable bonds is 4. The molecule has 0 aromatic heterocycles. The number of nitrogens with one attached hydrogen (secondary N) is 1. The van der Waals surface area contributed by atoms with Crippen LogP contribution in [0.3, 0.4) is 0 Å². The molecule has 0 atom stereocenters. The first-order chi connectivity index (χ1) is 6.65. The first-order valence-electron chi connectivity index (χ1n) is 4.90. The third kappa shape index (κ3) is 2.67. The van der Waals surface area contributed by atoms with Crippen molar-refractivity contribution in [3.05, 3.63) is 34.9 Å². The van der Waals surface area contributed by atoms with E-state index in [1.165, 1.54) is 0 Å². The Bertz CT molecular complexity index is 331. The quantitative estimate of drug-likeness (QED) is 0.738. The van der Waals surface area contributed by atoms with E-state index in [0.29, 0.717) is 6.42 Å². The van der Waals surface area contributed by atoms with E-state index in [-0.39, 0.29) is 5.78 Å². The Morgan fingerprint density at radius 2 is 2.07 bits per heavy atom. The van der Waals surface area contributed by atoms with Gasteiger partial charge in [-0.3, -0.25) is 4.79 Å². The van der Waals surface area contributed by atoms with Crippen LogP contribution in [-0.4, -0.2) is 19.4 Å². The number of hydrogen-bond acceptors (Lipinski definition) is 2. The molecular weight excluding hydrogens is 174 g/mol. The third-order valence-corrected chi connectivity index (χ3v) is 2.30. The van der Waals surface area contributed by atoms with Crippen molar-refractivity contribution in [1.29, 1.82) is 0 Å². The molecule has 2 heteroatoms. The molecule has 0 heterocycles. The molecule has 0 aliphatic heterocycles. The smallest absolute Gasteiger partial charge is 0.164 e. The van der Waals surface area contributed by atoms with Crippen LogP contribution in [-0.2, 0) is 0 Å². The minimum Gasteiger partial charge on any atom is -0.319 e. The molecule has 14 heavy (non-hydrogen) atoms. The summed E-state index contributed by atoms with van der Waals surface area (Å²) in [5, 5.41) is 2.98. The van der Waals surface area contributed by atoms with Crippen LogP contribution in [0.15, 0.2) is 18.2 Å². The minimum atomic E-state index is 0.223. The average molecular weight is 191 g/mol. The fourth-order valence-corrected chi connectivity index (χ4v) is 1.41. The Morgan fingerprint density at radius 1 is 1.36 bits per heavy atom. The van der Waals surface area contributed by atoms with Crippen LogP contribution in [0.25, 0.3) is 0 Å². The Hall–Kier alpha value is -1.15. The second-order valence-corrected chi connectivity index (χ2v) is 3.60. The van der Waals surface area contributed by atoms with E-state index in [0.717, 1.165) is 23.2 Å². The lowest BCUT2D eigenvalue weighted by molar-refractivity contribution is 0.0982. The number of carbonyl (C=O) groups is 1. The molecule has 1 aromatic carbocycles. The number of carbonyl (C=O) groups excluding carboxylic acids is 1. The van der Waals surface area contributed by atoms with Gasteiger partial charge in [-0.05, 0) is 32.5 Å². The van der Waals surface area contributed by atoms with Crippen molar-refractivity contribution < 1.29 is 4.79 Å². The van der Waals surface area contributed by atoms with Crippen LogP contribution in [0.5, 0.6) is 0 Å². The zero-order valence-corrected chi connectivity index (χ0v) is 9.05. The number of Topliss-reactive ketones (excluding diaryl/α,β-unsaturated/α-hetero) is 1. The molecule has 0 aliphatic rings. The highest BCUT2D eigenvalue weighted by Gasteiger charge is 2.07. The van der Waals surface area contributed by atoms with Gasteiger partial charge in [0, 0.05) is 18.5 Å². The summed E-state index contributed by atoms with van der Waals surface area (Å²) >= 11 is 0. The maximum atomic E-state index is 11.7. The summed E-state index contributed by atoms with van der Waals surface area (Å²) in [6.45, 7) is 4.73. The monoisotopic (exact) mass is 191 g/mol. The standard InChI is InChI=1S/C12H17NO/c1-9-4-5-10(2)11(8-9)12(14)6-7-13-3/h4-5,8,13H,6-7H2,1-3H3. The maximum absolute atomic E-state index is 11.7. The van der Waals surface area contributed by atoms with Crippen molar-refractivity contribution in [2.45, 2.75) is 20.3 Å². The van der Waals surface area contributed by atoms with Crippen LogP contribution in [0.2, 0.25) is 0 Å². The van der Waals surface area contributed by atoms with Crippen molar-refractivity contribution in [2.24, 2.45) is 0 Å². The van der Waals surface area contributed by atoms with E-state index in [1.807, 2.05) is 39.1 Å². The van der Waals surface area contributed by atoms with Crippen molar-refractivity contribution in [2.75, 3.05) is 13.6 Å². The van der Waals surface area contributed by atoms with E-state index < -0.39 is 0 Å². The molecule has 0 radical (unpaired) electrons. The summed E-state index contributed by atoms with van der Waals surface area (Å²) in [6.07, 6.45) is 0.570. The lowest BCUT2D eigenvalue weighted by Gasteiger charge is -2.05. The normalized spacial score (nSPS) is 10.2. The van der Waals surface area contributed by atoms with E-state index in [2.05, 4.69) is 5.32 Å². The highest BCUT2D eigenvalue weighted by molar-refractivity contribution is 5.97. The van der Waals surface area contributed by atoms with Gasteiger partial charge in [0.1, 0.15) is 0 Å². The van der Waals surface area contributed by atoms with Crippen LogP contribution >= 0.6 is 0 Å². The largest absolute Gasteiger partial charge is 0.319 e. The zero-order valence-electron chi connectivity index (χ0n) is 9.05. The molecule has 0 aliphatic carbocycles. The predicted molar refractivity (Wildman–Crippen MR) is 58.8 cm³/mol. The van der Waals surface area contributed by atoms with Crippen LogP contribution in [0, 0.1) is 13.8 Å².